The van der Waals surface area contributed by atoms with Crippen LogP contribution in [0, 0.1) is 0 Å². The van der Waals surface area contributed by atoms with E-state index >= 15 is 0 Å². The molecule has 4 aromatic rings. The summed E-state index contributed by atoms with van der Waals surface area (Å²) in [5.41, 5.74) is 9.50. The topological polar surface area (TPSA) is 105 Å². The summed E-state index contributed by atoms with van der Waals surface area (Å²) in [5, 5.41) is 15.0. The molecule has 0 bridgehead atoms. The Hall–Kier alpha value is -3.45. The first-order chi connectivity index (χ1) is 13.2. The third kappa shape index (κ3) is 3.58. The summed E-state index contributed by atoms with van der Waals surface area (Å²) in [6.45, 7) is 2.59. The molecular weight excluding hydrogens is 338 g/mol. The Labute approximate surface area is 157 Å². The highest BCUT2D eigenvalue weighted by molar-refractivity contribution is 5.97. The summed E-state index contributed by atoms with van der Waals surface area (Å²) in [7, 11) is 0. The number of hydrogen-bond acceptors (Lipinski definition) is 6. The minimum atomic E-state index is 0.0904. The molecule has 0 aliphatic carbocycles. The molecular formula is C20H21N7. The number of nitrogens with one attached hydrogen (secondary N) is 3. The quantitative estimate of drug-likeness (QED) is 0.418. The molecule has 0 radical (unpaired) electrons. The highest BCUT2D eigenvalue weighted by Gasteiger charge is 2.15. The molecule has 4 rings (SSSR count). The SMILES string of the molecule is C[C@@H](Nc1ncnc2n[nH]c(Nc3cccc(CN)c3)c12)c1ccccc1. The Morgan fingerprint density at radius 3 is 2.74 bits per heavy atom. The van der Waals surface area contributed by atoms with Crippen LogP contribution >= 0.6 is 0 Å². The summed E-state index contributed by atoms with van der Waals surface area (Å²) < 4.78 is 0. The van der Waals surface area contributed by atoms with Crippen LogP contribution in [-0.4, -0.2) is 20.2 Å². The van der Waals surface area contributed by atoms with Crippen LogP contribution < -0.4 is 16.4 Å². The molecule has 0 aliphatic rings. The van der Waals surface area contributed by atoms with Crippen molar-refractivity contribution in [3.05, 3.63) is 72.1 Å². The predicted octanol–water partition coefficient (Wildman–Crippen LogP) is 3.73. The number of fused-ring (bicyclic) bond motifs is 1. The number of H-pyrrole nitrogens is 1. The van der Waals surface area contributed by atoms with Gasteiger partial charge >= 0.3 is 0 Å². The minimum Gasteiger partial charge on any atom is -0.363 e. The molecule has 2 aromatic heterocycles. The molecule has 1 atom stereocenters. The van der Waals surface area contributed by atoms with Crippen molar-refractivity contribution in [1.82, 2.24) is 20.2 Å². The smallest absolute Gasteiger partial charge is 0.188 e. The van der Waals surface area contributed by atoms with Gasteiger partial charge in [-0.3, -0.25) is 5.10 Å². The molecule has 27 heavy (non-hydrogen) atoms. The van der Waals surface area contributed by atoms with E-state index in [0.29, 0.717) is 12.2 Å². The summed E-state index contributed by atoms with van der Waals surface area (Å²) in [5.74, 6) is 1.46. The molecule has 2 aromatic carbocycles. The number of nitrogens with zero attached hydrogens (tertiary/aromatic N) is 3. The van der Waals surface area contributed by atoms with E-state index in [4.69, 9.17) is 5.73 Å². The van der Waals surface area contributed by atoms with Crippen molar-refractivity contribution in [3.63, 3.8) is 0 Å². The lowest BCUT2D eigenvalue weighted by molar-refractivity contribution is 0.876. The van der Waals surface area contributed by atoms with Gasteiger partial charge in [0.1, 0.15) is 23.3 Å². The van der Waals surface area contributed by atoms with E-state index in [1.54, 1.807) is 0 Å². The van der Waals surface area contributed by atoms with Gasteiger partial charge in [0.05, 0.1) is 0 Å². The fourth-order valence-corrected chi connectivity index (χ4v) is 3.01. The average molecular weight is 359 g/mol. The first-order valence-electron chi connectivity index (χ1n) is 8.81. The second-order valence-electron chi connectivity index (χ2n) is 6.33. The van der Waals surface area contributed by atoms with E-state index < -0.39 is 0 Å². The number of benzene rings is 2. The van der Waals surface area contributed by atoms with Crippen LogP contribution in [-0.2, 0) is 6.54 Å². The number of aromatic nitrogens is 4. The number of rotatable bonds is 6. The zero-order chi connectivity index (χ0) is 18.6. The molecule has 0 unspecified atom stereocenters. The molecule has 136 valence electrons. The van der Waals surface area contributed by atoms with Gasteiger partial charge < -0.3 is 16.4 Å². The van der Waals surface area contributed by atoms with Crippen LogP contribution in [0.25, 0.3) is 11.0 Å². The van der Waals surface area contributed by atoms with E-state index in [0.717, 1.165) is 28.3 Å². The van der Waals surface area contributed by atoms with Crippen molar-refractivity contribution < 1.29 is 0 Å². The minimum absolute atomic E-state index is 0.0904. The standard InChI is InChI=1S/C20H21N7/c1-13(15-7-3-2-4-8-15)24-18-17-19(23-12-22-18)26-27-20(17)25-16-9-5-6-14(10-16)11-21/h2-10,12-13H,11,21H2,1H3,(H3,22,23,24,25,26,27)/t13-/m1/s1. The van der Waals surface area contributed by atoms with Gasteiger partial charge in [0.25, 0.3) is 0 Å². The summed E-state index contributed by atoms with van der Waals surface area (Å²) in [4.78, 5) is 8.70. The zero-order valence-corrected chi connectivity index (χ0v) is 15.0. The van der Waals surface area contributed by atoms with Crippen molar-refractivity contribution >= 4 is 28.4 Å². The van der Waals surface area contributed by atoms with Gasteiger partial charge in [0.15, 0.2) is 5.65 Å². The van der Waals surface area contributed by atoms with E-state index in [1.165, 1.54) is 11.9 Å². The number of anilines is 3. The first kappa shape index (κ1) is 17.0. The molecule has 0 saturated carbocycles. The van der Waals surface area contributed by atoms with Gasteiger partial charge in [-0.15, -0.1) is 0 Å². The molecule has 0 amide bonds. The molecule has 5 N–H and O–H groups in total. The average Bonchev–Trinajstić information content (AvgIpc) is 3.12. The van der Waals surface area contributed by atoms with Gasteiger partial charge in [0.2, 0.25) is 0 Å². The van der Waals surface area contributed by atoms with Crippen molar-refractivity contribution in [2.24, 2.45) is 5.73 Å². The highest BCUT2D eigenvalue weighted by Crippen LogP contribution is 2.30. The number of aromatic amines is 1. The molecule has 0 saturated heterocycles. The fraction of sp³-hybridized carbons (Fsp3) is 0.150. The summed E-state index contributed by atoms with van der Waals surface area (Å²) in [6.07, 6.45) is 1.52. The summed E-state index contributed by atoms with van der Waals surface area (Å²) in [6, 6.07) is 18.3. The second-order valence-corrected chi connectivity index (χ2v) is 6.33. The van der Waals surface area contributed by atoms with Gasteiger partial charge in [0, 0.05) is 18.3 Å². The van der Waals surface area contributed by atoms with Crippen LogP contribution in [0.2, 0.25) is 0 Å². The van der Waals surface area contributed by atoms with Crippen LogP contribution in [0.1, 0.15) is 24.1 Å². The third-order valence-electron chi connectivity index (χ3n) is 4.44. The predicted molar refractivity (Wildman–Crippen MR) is 108 cm³/mol. The fourth-order valence-electron chi connectivity index (χ4n) is 3.01. The Balaban J connectivity index is 1.67. The van der Waals surface area contributed by atoms with Crippen LogP contribution in [0.5, 0.6) is 0 Å². The molecule has 0 aliphatic heterocycles. The molecule has 7 nitrogen and oxygen atoms in total. The van der Waals surface area contributed by atoms with E-state index in [9.17, 15) is 0 Å². The maximum Gasteiger partial charge on any atom is 0.188 e. The molecule has 0 spiro atoms. The maximum atomic E-state index is 5.74. The van der Waals surface area contributed by atoms with Crippen LogP contribution in [0.3, 0.4) is 0 Å². The summed E-state index contributed by atoms with van der Waals surface area (Å²) >= 11 is 0. The second kappa shape index (κ2) is 7.43. The van der Waals surface area contributed by atoms with Crippen molar-refractivity contribution in [1.29, 1.82) is 0 Å². The van der Waals surface area contributed by atoms with Crippen LogP contribution in [0.15, 0.2) is 60.9 Å². The Kier molecular flexibility index (Phi) is 4.67. The monoisotopic (exact) mass is 359 g/mol. The number of hydrogen-bond donors (Lipinski definition) is 4. The maximum absolute atomic E-state index is 5.74. The van der Waals surface area contributed by atoms with Crippen LogP contribution in [0.4, 0.5) is 17.3 Å². The lowest BCUT2D eigenvalue weighted by atomic mass is 10.1. The van der Waals surface area contributed by atoms with E-state index in [2.05, 4.69) is 49.9 Å². The van der Waals surface area contributed by atoms with E-state index in [-0.39, 0.29) is 6.04 Å². The number of nitrogens with two attached hydrogens (primary N) is 1. The van der Waals surface area contributed by atoms with Gasteiger partial charge in [-0.05, 0) is 30.2 Å². The van der Waals surface area contributed by atoms with Gasteiger partial charge in [-0.25, -0.2) is 9.97 Å². The van der Waals surface area contributed by atoms with Gasteiger partial charge in [-0.1, -0.05) is 42.5 Å². The lowest BCUT2D eigenvalue weighted by Gasteiger charge is -2.16. The Morgan fingerprint density at radius 1 is 1.07 bits per heavy atom. The highest BCUT2D eigenvalue weighted by atomic mass is 15.2. The lowest BCUT2D eigenvalue weighted by Crippen LogP contribution is -2.08. The normalized spacial score (nSPS) is 12.1. The van der Waals surface area contributed by atoms with E-state index in [1.807, 2.05) is 42.5 Å². The van der Waals surface area contributed by atoms with Crippen molar-refractivity contribution in [2.45, 2.75) is 19.5 Å². The molecule has 0 fully saturated rings. The van der Waals surface area contributed by atoms with Gasteiger partial charge in [-0.2, -0.15) is 5.10 Å². The largest absolute Gasteiger partial charge is 0.363 e. The zero-order valence-electron chi connectivity index (χ0n) is 15.0. The van der Waals surface area contributed by atoms with Crippen molar-refractivity contribution in [3.8, 4) is 0 Å². The Morgan fingerprint density at radius 2 is 1.93 bits per heavy atom. The third-order valence-corrected chi connectivity index (χ3v) is 4.44. The first-order valence-corrected chi connectivity index (χ1v) is 8.81. The molecule has 7 heteroatoms. The Bertz CT molecular complexity index is 1040. The van der Waals surface area contributed by atoms with Crippen molar-refractivity contribution in [2.75, 3.05) is 10.6 Å². The molecule has 2 heterocycles.